The fourth-order valence-corrected chi connectivity index (χ4v) is 2.05. The predicted octanol–water partition coefficient (Wildman–Crippen LogP) is 1.08. The Labute approximate surface area is 106 Å². The number of carboxylic acid groups (broad SMARTS) is 1. The van der Waals surface area contributed by atoms with E-state index in [1.165, 1.54) is 4.90 Å². The Hall–Kier alpha value is -2.11. The lowest BCUT2D eigenvalue weighted by Gasteiger charge is -2.34. The van der Waals surface area contributed by atoms with Crippen molar-refractivity contribution in [1.82, 2.24) is 4.90 Å². The first-order chi connectivity index (χ1) is 8.61. The van der Waals surface area contributed by atoms with Gasteiger partial charge in [0.25, 0.3) is 0 Å². The Morgan fingerprint density at radius 2 is 2.00 bits per heavy atom. The van der Waals surface area contributed by atoms with Gasteiger partial charge in [-0.3, -0.25) is 0 Å². The van der Waals surface area contributed by atoms with E-state index in [0.29, 0.717) is 37.6 Å². The summed E-state index contributed by atoms with van der Waals surface area (Å²) in [6.45, 7) is 2.39. The third-order valence-electron chi connectivity index (χ3n) is 3.13. The molecule has 0 aliphatic carbocycles. The molecule has 1 aromatic rings. The number of anilines is 2. The quantitative estimate of drug-likeness (QED) is 0.769. The van der Waals surface area contributed by atoms with E-state index < -0.39 is 6.09 Å². The van der Waals surface area contributed by atoms with Crippen molar-refractivity contribution >= 4 is 17.5 Å². The van der Waals surface area contributed by atoms with Crippen molar-refractivity contribution in [2.45, 2.75) is 0 Å². The van der Waals surface area contributed by atoms with Crippen LogP contribution in [0.25, 0.3) is 0 Å². The summed E-state index contributed by atoms with van der Waals surface area (Å²) >= 11 is 0. The zero-order valence-corrected chi connectivity index (χ0v) is 10.3. The van der Waals surface area contributed by atoms with Gasteiger partial charge in [0.15, 0.2) is 0 Å². The number of hydrogen-bond acceptors (Lipinski definition) is 4. The highest BCUT2D eigenvalue weighted by Crippen LogP contribution is 2.27. The number of piperazine rings is 1. The molecule has 1 amide bonds. The van der Waals surface area contributed by atoms with E-state index in [1.807, 2.05) is 12.1 Å². The number of benzene rings is 1. The second-order valence-electron chi connectivity index (χ2n) is 4.18. The number of rotatable bonds is 2. The van der Waals surface area contributed by atoms with Crippen LogP contribution in [0.2, 0.25) is 0 Å². The maximum Gasteiger partial charge on any atom is 0.407 e. The van der Waals surface area contributed by atoms with Gasteiger partial charge < -0.3 is 25.4 Å². The minimum Gasteiger partial charge on any atom is -0.495 e. The van der Waals surface area contributed by atoms with Gasteiger partial charge in [-0.05, 0) is 12.1 Å². The lowest BCUT2D eigenvalue weighted by atomic mass is 10.2. The molecule has 0 bridgehead atoms. The average Bonchev–Trinajstić information content (AvgIpc) is 2.39. The van der Waals surface area contributed by atoms with E-state index in [1.54, 1.807) is 13.2 Å². The van der Waals surface area contributed by atoms with E-state index in [0.717, 1.165) is 5.69 Å². The van der Waals surface area contributed by atoms with E-state index in [2.05, 4.69) is 4.90 Å². The summed E-state index contributed by atoms with van der Waals surface area (Å²) in [6.07, 6.45) is -0.857. The van der Waals surface area contributed by atoms with Gasteiger partial charge in [0.1, 0.15) is 5.75 Å². The van der Waals surface area contributed by atoms with Gasteiger partial charge in [-0.15, -0.1) is 0 Å². The molecule has 0 aromatic heterocycles. The monoisotopic (exact) mass is 251 g/mol. The van der Waals surface area contributed by atoms with Gasteiger partial charge in [-0.1, -0.05) is 0 Å². The number of nitrogen functional groups attached to an aromatic ring is 1. The molecule has 0 atom stereocenters. The minimum atomic E-state index is -0.857. The van der Waals surface area contributed by atoms with Crippen molar-refractivity contribution in [2.75, 3.05) is 43.9 Å². The molecule has 1 aliphatic rings. The molecule has 1 aromatic carbocycles. The Kier molecular flexibility index (Phi) is 3.45. The zero-order valence-electron chi connectivity index (χ0n) is 10.3. The largest absolute Gasteiger partial charge is 0.495 e. The summed E-state index contributed by atoms with van der Waals surface area (Å²) in [5.74, 6) is 0.646. The number of methoxy groups -OCH3 is 1. The topological polar surface area (TPSA) is 79.0 Å². The third-order valence-corrected chi connectivity index (χ3v) is 3.13. The van der Waals surface area contributed by atoms with E-state index in [-0.39, 0.29) is 0 Å². The molecule has 0 spiro atoms. The highest BCUT2D eigenvalue weighted by atomic mass is 16.5. The maximum atomic E-state index is 10.8. The second kappa shape index (κ2) is 5.03. The lowest BCUT2D eigenvalue weighted by Crippen LogP contribution is -2.48. The normalized spacial score (nSPS) is 15.6. The standard InChI is InChI=1S/C12H17N3O3/c1-18-11-8-9(2-3-10(11)13)14-4-6-15(7-5-14)12(16)17/h2-3,8H,4-7,13H2,1H3,(H,16,17). The van der Waals surface area contributed by atoms with E-state index >= 15 is 0 Å². The molecule has 1 saturated heterocycles. The first-order valence-corrected chi connectivity index (χ1v) is 5.78. The van der Waals surface area contributed by atoms with Gasteiger partial charge >= 0.3 is 6.09 Å². The molecule has 18 heavy (non-hydrogen) atoms. The Morgan fingerprint density at radius 3 is 2.56 bits per heavy atom. The van der Waals surface area contributed by atoms with Gasteiger partial charge in [-0.2, -0.15) is 0 Å². The van der Waals surface area contributed by atoms with Gasteiger partial charge in [-0.25, -0.2) is 4.79 Å². The van der Waals surface area contributed by atoms with Gasteiger partial charge in [0.2, 0.25) is 0 Å². The first-order valence-electron chi connectivity index (χ1n) is 5.78. The van der Waals surface area contributed by atoms with Crippen molar-refractivity contribution in [3.05, 3.63) is 18.2 Å². The summed E-state index contributed by atoms with van der Waals surface area (Å²) in [6, 6.07) is 5.61. The van der Waals surface area contributed by atoms with Crippen LogP contribution in [-0.4, -0.2) is 49.4 Å². The van der Waals surface area contributed by atoms with Crippen LogP contribution >= 0.6 is 0 Å². The Balaban J connectivity index is 2.07. The predicted molar refractivity (Wildman–Crippen MR) is 69.2 cm³/mol. The number of ether oxygens (including phenoxy) is 1. The molecule has 6 heteroatoms. The molecule has 0 radical (unpaired) electrons. The van der Waals surface area contributed by atoms with Crippen molar-refractivity contribution in [3.8, 4) is 5.75 Å². The fraction of sp³-hybridized carbons (Fsp3) is 0.417. The SMILES string of the molecule is COc1cc(N2CCN(C(=O)O)CC2)ccc1N. The summed E-state index contributed by atoms with van der Waals surface area (Å²) in [7, 11) is 1.58. The fourth-order valence-electron chi connectivity index (χ4n) is 2.05. The molecule has 6 nitrogen and oxygen atoms in total. The second-order valence-corrected chi connectivity index (χ2v) is 4.18. The highest BCUT2D eigenvalue weighted by molar-refractivity contribution is 5.66. The summed E-state index contributed by atoms with van der Waals surface area (Å²) in [4.78, 5) is 14.4. The van der Waals surface area contributed by atoms with Gasteiger partial charge in [0, 0.05) is 37.9 Å². The van der Waals surface area contributed by atoms with Crippen LogP contribution in [-0.2, 0) is 0 Å². The summed E-state index contributed by atoms with van der Waals surface area (Å²) in [5, 5.41) is 8.88. The number of hydrogen-bond donors (Lipinski definition) is 2. The molecule has 0 unspecified atom stereocenters. The Morgan fingerprint density at radius 1 is 1.33 bits per heavy atom. The van der Waals surface area contributed by atoms with Crippen molar-refractivity contribution in [2.24, 2.45) is 0 Å². The van der Waals surface area contributed by atoms with Gasteiger partial charge in [0.05, 0.1) is 12.8 Å². The number of nitrogens with zero attached hydrogens (tertiary/aromatic N) is 2. The summed E-state index contributed by atoms with van der Waals surface area (Å²) < 4.78 is 5.18. The summed E-state index contributed by atoms with van der Waals surface area (Å²) in [5.41, 5.74) is 7.37. The highest BCUT2D eigenvalue weighted by Gasteiger charge is 2.20. The third kappa shape index (κ3) is 2.42. The average molecular weight is 251 g/mol. The van der Waals surface area contributed by atoms with Crippen molar-refractivity contribution in [3.63, 3.8) is 0 Å². The van der Waals surface area contributed by atoms with Crippen LogP contribution in [0.15, 0.2) is 18.2 Å². The number of amides is 1. The van der Waals surface area contributed by atoms with Crippen LogP contribution in [0.4, 0.5) is 16.2 Å². The van der Waals surface area contributed by atoms with Crippen molar-refractivity contribution in [1.29, 1.82) is 0 Å². The molecule has 1 fully saturated rings. The van der Waals surface area contributed by atoms with Crippen LogP contribution in [0.5, 0.6) is 5.75 Å². The first kappa shape index (κ1) is 12.3. The number of carbonyl (C=O) groups is 1. The molecule has 2 rings (SSSR count). The molecule has 3 N–H and O–H groups in total. The van der Waals surface area contributed by atoms with Crippen LogP contribution in [0.3, 0.4) is 0 Å². The van der Waals surface area contributed by atoms with E-state index in [4.69, 9.17) is 15.6 Å². The zero-order chi connectivity index (χ0) is 13.1. The molecule has 1 heterocycles. The van der Waals surface area contributed by atoms with Crippen LogP contribution in [0.1, 0.15) is 0 Å². The lowest BCUT2D eigenvalue weighted by molar-refractivity contribution is 0.142. The smallest absolute Gasteiger partial charge is 0.407 e. The van der Waals surface area contributed by atoms with Crippen molar-refractivity contribution < 1.29 is 14.6 Å². The molecule has 0 saturated carbocycles. The maximum absolute atomic E-state index is 10.8. The molecular formula is C12H17N3O3. The molecule has 1 aliphatic heterocycles. The number of nitrogens with two attached hydrogens (primary N) is 1. The minimum absolute atomic E-state index is 0.516. The van der Waals surface area contributed by atoms with Crippen LogP contribution in [0, 0.1) is 0 Å². The van der Waals surface area contributed by atoms with E-state index in [9.17, 15) is 4.79 Å². The van der Waals surface area contributed by atoms with Crippen LogP contribution < -0.4 is 15.4 Å². The molecule has 98 valence electrons. The Bertz CT molecular complexity index is 442. The molecular weight excluding hydrogens is 234 g/mol.